The van der Waals surface area contributed by atoms with Gasteiger partial charge in [-0.1, -0.05) is 19.9 Å². The third-order valence-electron chi connectivity index (χ3n) is 3.78. The largest absolute Gasteiger partial charge is 0.497 e. The van der Waals surface area contributed by atoms with Crippen molar-refractivity contribution in [3.63, 3.8) is 0 Å². The van der Waals surface area contributed by atoms with Crippen LogP contribution >= 0.6 is 0 Å². The van der Waals surface area contributed by atoms with Gasteiger partial charge in [0.15, 0.2) is 0 Å². The second-order valence-corrected chi connectivity index (χ2v) is 5.57. The summed E-state index contributed by atoms with van der Waals surface area (Å²) in [7, 11) is 1.60. The molecule has 0 saturated carbocycles. The van der Waals surface area contributed by atoms with Crippen LogP contribution in [-0.2, 0) is 4.74 Å². The average Bonchev–Trinajstić information content (AvgIpc) is 2.93. The normalized spacial score (nSPS) is 22.0. The van der Waals surface area contributed by atoms with Gasteiger partial charge in [-0.25, -0.2) is 0 Å². The van der Waals surface area contributed by atoms with E-state index in [-0.39, 0.29) is 12.0 Å². The molecule has 4 heteroatoms. The summed E-state index contributed by atoms with van der Waals surface area (Å²) in [6.07, 6.45) is 1.27. The van der Waals surface area contributed by atoms with Crippen molar-refractivity contribution in [2.24, 2.45) is 11.8 Å². The zero-order valence-corrected chi connectivity index (χ0v) is 12.4. The van der Waals surface area contributed by atoms with Gasteiger partial charge in [0.1, 0.15) is 5.75 Å². The van der Waals surface area contributed by atoms with Crippen molar-refractivity contribution in [3.05, 3.63) is 29.8 Å². The molecule has 0 spiro atoms. The molecular weight excluding hydrogens is 254 g/mol. The molecule has 1 fully saturated rings. The summed E-state index contributed by atoms with van der Waals surface area (Å²) in [5.74, 6) is 1.53. The van der Waals surface area contributed by atoms with Crippen LogP contribution < -0.4 is 10.1 Å². The van der Waals surface area contributed by atoms with Crippen LogP contribution in [0.3, 0.4) is 0 Å². The number of nitrogens with one attached hydrogen (secondary N) is 1. The number of ether oxygens (including phenoxy) is 2. The van der Waals surface area contributed by atoms with Gasteiger partial charge in [0, 0.05) is 24.6 Å². The van der Waals surface area contributed by atoms with Gasteiger partial charge in [0.25, 0.3) is 5.91 Å². The maximum atomic E-state index is 12.1. The summed E-state index contributed by atoms with van der Waals surface area (Å²) in [5, 5.41) is 3.00. The highest BCUT2D eigenvalue weighted by atomic mass is 16.5. The quantitative estimate of drug-likeness (QED) is 0.899. The van der Waals surface area contributed by atoms with Gasteiger partial charge in [-0.15, -0.1) is 0 Å². The number of hydrogen-bond donors (Lipinski definition) is 1. The average molecular weight is 277 g/mol. The highest BCUT2D eigenvalue weighted by Crippen LogP contribution is 2.26. The Morgan fingerprint density at radius 2 is 2.30 bits per heavy atom. The molecule has 1 aromatic carbocycles. The van der Waals surface area contributed by atoms with Crippen LogP contribution in [0.4, 0.5) is 0 Å². The van der Waals surface area contributed by atoms with E-state index in [4.69, 9.17) is 9.47 Å². The van der Waals surface area contributed by atoms with Crippen molar-refractivity contribution in [1.82, 2.24) is 5.32 Å². The van der Waals surface area contributed by atoms with E-state index >= 15 is 0 Å². The van der Waals surface area contributed by atoms with Crippen LogP contribution in [0.15, 0.2) is 24.3 Å². The van der Waals surface area contributed by atoms with E-state index in [1.54, 1.807) is 19.2 Å². The fourth-order valence-corrected chi connectivity index (χ4v) is 2.70. The first-order valence-corrected chi connectivity index (χ1v) is 7.15. The Balaban J connectivity index is 1.91. The summed E-state index contributed by atoms with van der Waals surface area (Å²) in [6, 6.07) is 7.20. The van der Waals surface area contributed by atoms with Gasteiger partial charge in [0.2, 0.25) is 0 Å². The Hall–Kier alpha value is -1.55. The summed E-state index contributed by atoms with van der Waals surface area (Å²) in [6.45, 7) is 5.78. The smallest absolute Gasteiger partial charge is 0.251 e. The standard InChI is InChI=1S/C16H23NO3/c1-11(2)15-13(7-8-20-15)10-17-16(18)12-5-4-6-14(9-12)19-3/h4-6,9,11,13,15H,7-8,10H2,1-3H3,(H,17,18)/t13-,15-/m1/s1. The number of rotatable bonds is 5. The fourth-order valence-electron chi connectivity index (χ4n) is 2.70. The third-order valence-corrected chi connectivity index (χ3v) is 3.78. The summed E-state index contributed by atoms with van der Waals surface area (Å²) >= 11 is 0. The highest BCUT2D eigenvalue weighted by molar-refractivity contribution is 5.94. The van der Waals surface area contributed by atoms with E-state index in [2.05, 4.69) is 19.2 Å². The molecule has 1 aliphatic rings. The van der Waals surface area contributed by atoms with Crippen molar-refractivity contribution < 1.29 is 14.3 Å². The van der Waals surface area contributed by atoms with Gasteiger partial charge < -0.3 is 14.8 Å². The van der Waals surface area contributed by atoms with Crippen molar-refractivity contribution in [1.29, 1.82) is 0 Å². The van der Waals surface area contributed by atoms with Crippen LogP contribution in [0.1, 0.15) is 30.6 Å². The Labute approximate surface area is 120 Å². The summed E-state index contributed by atoms with van der Waals surface area (Å²) in [4.78, 5) is 12.1. The molecule has 1 aliphatic heterocycles. The van der Waals surface area contributed by atoms with E-state index < -0.39 is 0 Å². The number of hydrogen-bond acceptors (Lipinski definition) is 3. The molecule has 0 radical (unpaired) electrons. The van der Waals surface area contributed by atoms with Crippen LogP contribution in [0.25, 0.3) is 0 Å². The predicted molar refractivity (Wildman–Crippen MR) is 78.0 cm³/mol. The van der Waals surface area contributed by atoms with Gasteiger partial charge >= 0.3 is 0 Å². The molecule has 1 aromatic rings. The minimum atomic E-state index is -0.0571. The Morgan fingerprint density at radius 1 is 1.50 bits per heavy atom. The van der Waals surface area contributed by atoms with Crippen LogP contribution in [0.5, 0.6) is 5.75 Å². The van der Waals surface area contributed by atoms with Gasteiger partial charge in [-0.2, -0.15) is 0 Å². The predicted octanol–water partition coefficient (Wildman–Crippen LogP) is 2.49. The molecule has 0 aromatic heterocycles. The zero-order chi connectivity index (χ0) is 14.5. The molecule has 0 aliphatic carbocycles. The van der Waals surface area contributed by atoms with E-state index in [1.165, 1.54) is 0 Å². The first kappa shape index (κ1) is 14.9. The van der Waals surface area contributed by atoms with Gasteiger partial charge in [0.05, 0.1) is 13.2 Å². The SMILES string of the molecule is COc1cccc(C(=O)NC[C@H]2CCO[C@@H]2C(C)C)c1. The molecule has 0 bridgehead atoms. The first-order chi connectivity index (χ1) is 9.61. The second kappa shape index (κ2) is 6.75. The number of carbonyl (C=O) groups is 1. The van der Waals surface area contributed by atoms with Crippen LogP contribution in [-0.4, -0.2) is 32.3 Å². The maximum Gasteiger partial charge on any atom is 0.251 e. The van der Waals surface area contributed by atoms with Crippen molar-refractivity contribution in [2.45, 2.75) is 26.4 Å². The molecule has 20 heavy (non-hydrogen) atoms. The fraction of sp³-hybridized carbons (Fsp3) is 0.562. The highest BCUT2D eigenvalue weighted by Gasteiger charge is 2.30. The Morgan fingerprint density at radius 3 is 3.00 bits per heavy atom. The minimum Gasteiger partial charge on any atom is -0.497 e. The van der Waals surface area contributed by atoms with Crippen molar-refractivity contribution >= 4 is 5.91 Å². The monoisotopic (exact) mass is 277 g/mol. The van der Waals surface area contributed by atoms with Crippen molar-refractivity contribution in [2.75, 3.05) is 20.3 Å². The second-order valence-electron chi connectivity index (χ2n) is 5.57. The molecule has 2 rings (SSSR count). The molecule has 1 N–H and O–H groups in total. The molecule has 0 unspecified atom stereocenters. The Kier molecular flexibility index (Phi) is 5.01. The lowest BCUT2D eigenvalue weighted by atomic mass is 9.93. The first-order valence-electron chi connectivity index (χ1n) is 7.15. The summed E-state index contributed by atoms with van der Waals surface area (Å²) < 4.78 is 10.9. The minimum absolute atomic E-state index is 0.0571. The lowest BCUT2D eigenvalue weighted by Crippen LogP contribution is -2.34. The zero-order valence-electron chi connectivity index (χ0n) is 12.4. The van der Waals surface area contributed by atoms with E-state index in [0.717, 1.165) is 13.0 Å². The van der Waals surface area contributed by atoms with Crippen LogP contribution in [0, 0.1) is 11.8 Å². The molecule has 1 saturated heterocycles. The van der Waals surface area contributed by atoms with E-state index in [1.807, 2.05) is 12.1 Å². The molecule has 1 heterocycles. The van der Waals surface area contributed by atoms with Crippen molar-refractivity contribution in [3.8, 4) is 5.75 Å². The number of carbonyl (C=O) groups excluding carboxylic acids is 1. The maximum absolute atomic E-state index is 12.1. The molecule has 4 nitrogen and oxygen atoms in total. The topological polar surface area (TPSA) is 47.6 Å². The number of benzene rings is 1. The van der Waals surface area contributed by atoms with E-state index in [9.17, 15) is 4.79 Å². The lowest BCUT2D eigenvalue weighted by Gasteiger charge is -2.22. The molecular formula is C16H23NO3. The molecule has 110 valence electrons. The third kappa shape index (κ3) is 3.51. The lowest BCUT2D eigenvalue weighted by molar-refractivity contribution is 0.0533. The van der Waals surface area contributed by atoms with Crippen LogP contribution in [0.2, 0.25) is 0 Å². The Bertz CT molecular complexity index is 459. The van der Waals surface area contributed by atoms with Gasteiger partial charge in [-0.3, -0.25) is 4.79 Å². The van der Waals surface area contributed by atoms with Gasteiger partial charge in [-0.05, 0) is 30.5 Å². The molecule has 1 amide bonds. The number of amides is 1. The van der Waals surface area contributed by atoms with E-state index in [0.29, 0.717) is 29.7 Å². The number of methoxy groups -OCH3 is 1. The molecule has 2 atom stereocenters. The summed E-state index contributed by atoms with van der Waals surface area (Å²) in [5.41, 5.74) is 0.629.